The number of benzene rings is 3. The maximum atomic E-state index is 11.3. The third-order valence-corrected chi connectivity index (χ3v) is 5.39. The molecule has 0 saturated carbocycles. The number of aromatic amines is 1. The van der Waals surface area contributed by atoms with Gasteiger partial charge in [0.15, 0.2) is 0 Å². The smallest absolute Gasteiger partial charge is 0.269 e. The van der Waals surface area contributed by atoms with Crippen LogP contribution >= 0.6 is 0 Å². The first kappa shape index (κ1) is 18.4. The molecular weight excluding hydrogens is 394 g/mol. The van der Waals surface area contributed by atoms with Crippen LogP contribution in [0.15, 0.2) is 78.2 Å². The van der Waals surface area contributed by atoms with Crippen molar-refractivity contribution in [1.29, 1.82) is 5.26 Å². The lowest BCUT2D eigenvalue weighted by Gasteiger charge is -2.24. The summed E-state index contributed by atoms with van der Waals surface area (Å²) >= 11 is 0. The SMILES string of the molecule is N#CC1=C(N)Oc2n[nH]c(-c3ccc4ccccc4c3)c2[C@H]1c1cccc([N+](=O)[O-])c1. The molecule has 8 nitrogen and oxygen atoms in total. The molecule has 2 heterocycles. The number of ether oxygens (including phenoxy) is 1. The lowest BCUT2D eigenvalue weighted by Crippen LogP contribution is -2.21. The normalized spacial score (nSPS) is 15.3. The number of allylic oxidation sites excluding steroid dienone is 1. The Morgan fingerprint density at radius 1 is 1.10 bits per heavy atom. The number of nitro benzene ring substituents is 1. The van der Waals surface area contributed by atoms with Gasteiger partial charge in [-0.1, -0.05) is 48.5 Å². The molecule has 4 aromatic rings. The van der Waals surface area contributed by atoms with Gasteiger partial charge >= 0.3 is 0 Å². The van der Waals surface area contributed by atoms with Crippen molar-refractivity contribution in [1.82, 2.24) is 10.2 Å². The molecule has 5 rings (SSSR count). The van der Waals surface area contributed by atoms with Gasteiger partial charge in [-0.3, -0.25) is 15.2 Å². The first-order valence-corrected chi connectivity index (χ1v) is 9.46. The fourth-order valence-electron chi connectivity index (χ4n) is 3.96. The first-order valence-electron chi connectivity index (χ1n) is 9.46. The quantitative estimate of drug-likeness (QED) is 0.382. The molecule has 8 heteroatoms. The van der Waals surface area contributed by atoms with Crippen LogP contribution in [0.3, 0.4) is 0 Å². The molecular formula is C23H15N5O3. The number of nitro groups is 1. The molecule has 0 fully saturated rings. The maximum absolute atomic E-state index is 11.3. The first-order chi connectivity index (χ1) is 15.1. The summed E-state index contributed by atoms with van der Waals surface area (Å²) in [5, 5.41) is 30.5. The highest BCUT2D eigenvalue weighted by Crippen LogP contribution is 2.46. The highest BCUT2D eigenvalue weighted by molar-refractivity contribution is 5.87. The minimum Gasteiger partial charge on any atom is -0.420 e. The Labute approximate surface area is 176 Å². The number of nitrogens with zero attached hydrogens (tertiary/aromatic N) is 3. The van der Waals surface area contributed by atoms with E-state index >= 15 is 0 Å². The summed E-state index contributed by atoms with van der Waals surface area (Å²) in [7, 11) is 0. The number of H-pyrrole nitrogens is 1. The summed E-state index contributed by atoms with van der Waals surface area (Å²) < 4.78 is 5.61. The van der Waals surface area contributed by atoms with E-state index in [4.69, 9.17) is 10.5 Å². The summed E-state index contributed by atoms with van der Waals surface area (Å²) in [4.78, 5) is 10.9. The van der Waals surface area contributed by atoms with E-state index in [1.54, 1.807) is 12.1 Å². The van der Waals surface area contributed by atoms with Crippen LogP contribution in [-0.2, 0) is 0 Å². The Bertz CT molecular complexity index is 1430. The zero-order valence-electron chi connectivity index (χ0n) is 16.1. The molecule has 1 atom stereocenters. The molecule has 0 spiro atoms. The van der Waals surface area contributed by atoms with Crippen molar-refractivity contribution in [3.8, 4) is 23.2 Å². The van der Waals surface area contributed by atoms with Crippen LogP contribution in [0.25, 0.3) is 22.0 Å². The van der Waals surface area contributed by atoms with Crippen molar-refractivity contribution in [2.24, 2.45) is 5.73 Å². The molecule has 1 aliphatic heterocycles. The van der Waals surface area contributed by atoms with Crippen LogP contribution in [0.4, 0.5) is 5.69 Å². The third-order valence-electron chi connectivity index (χ3n) is 5.39. The van der Waals surface area contributed by atoms with Crippen molar-refractivity contribution in [3.63, 3.8) is 0 Å². The minimum atomic E-state index is -0.658. The minimum absolute atomic E-state index is 0.0666. The van der Waals surface area contributed by atoms with Gasteiger partial charge in [-0.05, 0) is 22.4 Å². The largest absolute Gasteiger partial charge is 0.420 e. The monoisotopic (exact) mass is 409 g/mol. The van der Waals surface area contributed by atoms with E-state index in [9.17, 15) is 15.4 Å². The van der Waals surface area contributed by atoms with E-state index < -0.39 is 10.8 Å². The third kappa shape index (κ3) is 2.96. The van der Waals surface area contributed by atoms with Crippen LogP contribution in [0.1, 0.15) is 17.0 Å². The number of hydrogen-bond acceptors (Lipinski definition) is 6. The summed E-state index contributed by atoms with van der Waals surface area (Å²) in [5.41, 5.74) is 8.79. The van der Waals surface area contributed by atoms with Gasteiger partial charge in [0.2, 0.25) is 11.8 Å². The van der Waals surface area contributed by atoms with Crippen molar-refractivity contribution in [2.45, 2.75) is 5.92 Å². The van der Waals surface area contributed by atoms with Crippen molar-refractivity contribution < 1.29 is 9.66 Å². The highest BCUT2D eigenvalue weighted by Gasteiger charge is 2.36. The summed E-state index contributed by atoms with van der Waals surface area (Å²) in [5.74, 6) is -0.479. The van der Waals surface area contributed by atoms with Gasteiger partial charge in [0, 0.05) is 17.7 Å². The van der Waals surface area contributed by atoms with Gasteiger partial charge < -0.3 is 10.5 Å². The van der Waals surface area contributed by atoms with Crippen molar-refractivity contribution >= 4 is 16.5 Å². The average Bonchev–Trinajstić information content (AvgIpc) is 3.21. The van der Waals surface area contributed by atoms with E-state index in [1.807, 2.05) is 42.5 Å². The average molecular weight is 409 g/mol. The zero-order chi connectivity index (χ0) is 21.5. The van der Waals surface area contributed by atoms with Crippen molar-refractivity contribution in [2.75, 3.05) is 0 Å². The molecule has 1 aliphatic rings. The zero-order valence-corrected chi connectivity index (χ0v) is 16.1. The van der Waals surface area contributed by atoms with Gasteiger partial charge in [-0.25, -0.2) is 0 Å². The number of rotatable bonds is 3. The molecule has 0 aliphatic carbocycles. The second kappa shape index (κ2) is 7.00. The number of nitrogens with two attached hydrogens (primary N) is 1. The number of hydrogen-bond donors (Lipinski definition) is 2. The summed E-state index contributed by atoms with van der Waals surface area (Å²) in [6.07, 6.45) is 0. The Morgan fingerprint density at radius 3 is 2.68 bits per heavy atom. The van der Waals surface area contributed by atoms with Crippen LogP contribution in [0, 0.1) is 21.4 Å². The predicted molar refractivity (Wildman–Crippen MR) is 114 cm³/mol. The van der Waals surface area contributed by atoms with E-state index in [-0.39, 0.29) is 23.0 Å². The van der Waals surface area contributed by atoms with Gasteiger partial charge in [0.1, 0.15) is 11.6 Å². The maximum Gasteiger partial charge on any atom is 0.269 e. The molecule has 3 N–H and O–H groups in total. The molecule has 31 heavy (non-hydrogen) atoms. The predicted octanol–water partition coefficient (Wildman–Crippen LogP) is 4.36. The molecule has 0 unspecified atom stereocenters. The lowest BCUT2D eigenvalue weighted by atomic mass is 9.82. The van der Waals surface area contributed by atoms with Gasteiger partial charge in [-0.15, -0.1) is 5.10 Å². The van der Waals surface area contributed by atoms with Crippen LogP contribution in [0.2, 0.25) is 0 Å². The topological polar surface area (TPSA) is 131 Å². The number of nitriles is 1. The second-order valence-electron chi connectivity index (χ2n) is 7.16. The molecule has 1 aromatic heterocycles. The van der Waals surface area contributed by atoms with Crippen LogP contribution < -0.4 is 10.5 Å². The fraction of sp³-hybridized carbons (Fsp3) is 0.0435. The molecule has 150 valence electrons. The molecule has 0 amide bonds. The Kier molecular flexibility index (Phi) is 4.15. The summed E-state index contributed by atoms with van der Waals surface area (Å²) in [6, 6.07) is 22.2. The number of nitrogens with one attached hydrogen (secondary N) is 1. The highest BCUT2D eigenvalue weighted by atomic mass is 16.6. The second-order valence-corrected chi connectivity index (χ2v) is 7.16. The summed E-state index contributed by atoms with van der Waals surface area (Å²) in [6.45, 7) is 0. The Morgan fingerprint density at radius 2 is 1.90 bits per heavy atom. The van der Waals surface area contributed by atoms with Gasteiger partial charge in [-0.2, -0.15) is 5.26 Å². The Balaban J connectivity index is 1.73. The van der Waals surface area contributed by atoms with Crippen LogP contribution in [-0.4, -0.2) is 15.1 Å². The number of aromatic nitrogens is 2. The lowest BCUT2D eigenvalue weighted by molar-refractivity contribution is -0.384. The fourth-order valence-corrected chi connectivity index (χ4v) is 3.96. The van der Waals surface area contributed by atoms with E-state index in [0.717, 1.165) is 16.3 Å². The van der Waals surface area contributed by atoms with Crippen molar-refractivity contribution in [3.05, 3.63) is 99.4 Å². The molecule has 0 radical (unpaired) electrons. The van der Waals surface area contributed by atoms with Gasteiger partial charge in [0.05, 0.1) is 22.1 Å². The van der Waals surface area contributed by atoms with Gasteiger partial charge in [0.25, 0.3) is 5.69 Å². The standard InChI is InChI=1S/C23H15N5O3/c24-12-18-19(15-6-3-7-17(11-15)28(29)30)20-21(26-27-23(20)31-22(18)25)16-9-8-13-4-1-2-5-14(13)10-16/h1-11,19H,25H2,(H,26,27)/t19-/m0/s1. The van der Waals surface area contributed by atoms with E-state index in [1.165, 1.54) is 12.1 Å². The Hall–Kier alpha value is -4.64. The van der Waals surface area contributed by atoms with Crippen LogP contribution in [0.5, 0.6) is 5.88 Å². The number of fused-ring (bicyclic) bond motifs is 2. The molecule has 3 aromatic carbocycles. The molecule has 0 bridgehead atoms. The van der Waals surface area contributed by atoms with E-state index in [2.05, 4.69) is 16.3 Å². The molecule has 0 saturated heterocycles. The number of non-ortho nitro benzene ring substituents is 1. The van der Waals surface area contributed by atoms with E-state index in [0.29, 0.717) is 16.8 Å².